The molecule has 7 heteroatoms. The molecule has 1 fully saturated rings. The molecule has 1 aliphatic rings. The molecule has 132 valence electrons. The molecule has 1 aromatic rings. The van der Waals surface area contributed by atoms with Gasteiger partial charge in [0.1, 0.15) is 11.7 Å². The number of unbranched alkanes of at least 4 members (excludes halogenated alkanes) is 3. The van der Waals surface area contributed by atoms with Gasteiger partial charge in [0.25, 0.3) is 0 Å². The van der Waals surface area contributed by atoms with Crippen molar-refractivity contribution in [3.8, 4) is 0 Å². The van der Waals surface area contributed by atoms with Gasteiger partial charge in [0.05, 0.1) is 6.54 Å². The molecule has 0 bridgehead atoms. The maximum Gasteiger partial charge on any atom is 0.309 e. The number of hydrogen-bond donors (Lipinski definition) is 1. The number of nitrogens with one attached hydrogen (secondary N) is 1. The zero-order valence-electron chi connectivity index (χ0n) is 15.1. The highest BCUT2D eigenvalue weighted by atomic mass is 32.1. The molecular formula is C16H31N5OS. The Kier molecular flexibility index (Phi) is 6.13. The normalized spacial score (nSPS) is 26.1. The van der Waals surface area contributed by atoms with Gasteiger partial charge in [-0.3, -0.25) is 14.9 Å². The van der Waals surface area contributed by atoms with Crippen molar-refractivity contribution in [3.63, 3.8) is 0 Å². The van der Waals surface area contributed by atoms with Crippen LogP contribution in [0.3, 0.4) is 0 Å². The Morgan fingerprint density at radius 1 is 1.30 bits per heavy atom. The maximum atomic E-state index is 13.4. The summed E-state index contributed by atoms with van der Waals surface area (Å²) in [5.41, 5.74) is -0.0657. The number of hydrogen-bond acceptors (Lipinski definition) is 6. The highest BCUT2D eigenvalue weighted by Crippen LogP contribution is 2.36. The van der Waals surface area contributed by atoms with E-state index < -0.39 is 4.65 Å². The van der Waals surface area contributed by atoms with E-state index >= 15 is 0 Å². The van der Waals surface area contributed by atoms with Crippen molar-refractivity contribution in [2.45, 2.75) is 65.0 Å². The number of hydroxylamine groups is 2. The Labute approximate surface area is 144 Å². The van der Waals surface area contributed by atoms with E-state index in [1.54, 1.807) is 0 Å². The molecule has 1 aliphatic heterocycles. The van der Waals surface area contributed by atoms with Crippen LogP contribution < -0.4 is 9.96 Å². The monoisotopic (exact) mass is 341 g/mol. The topological polar surface area (TPSA) is 64.1 Å². The predicted molar refractivity (Wildman–Crippen MR) is 97.2 cm³/mol. The Morgan fingerprint density at radius 2 is 2.04 bits per heavy atom. The van der Waals surface area contributed by atoms with E-state index in [0.29, 0.717) is 11.8 Å². The van der Waals surface area contributed by atoms with Gasteiger partial charge in [-0.15, -0.1) is 5.10 Å². The van der Waals surface area contributed by atoms with E-state index in [1.807, 2.05) is 7.05 Å². The van der Waals surface area contributed by atoms with Gasteiger partial charge in [0, 0.05) is 12.0 Å². The number of quaternary nitrogens is 1. The smallest absolute Gasteiger partial charge is 0.309 e. The van der Waals surface area contributed by atoms with E-state index in [1.165, 1.54) is 30.6 Å². The Morgan fingerprint density at radius 3 is 2.65 bits per heavy atom. The molecule has 6 nitrogen and oxygen atoms in total. The quantitative estimate of drug-likeness (QED) is 0.469. The van der Waals surface area contributed by atoms with Crippen molar-refractivity contribution in [2.24, 2.45) is 0 Å². The fraction of sp³-hybridized carbons (Fsp3) is 0.875. The Hall–Kier alpha value is -0.600. The summed E-state index contributed by atoms with van der Waals surface area (Å²) in [5, 5.41) is 26.9. The summed E-state index contributed by atoms with van der Waals surface area (Å²) in [5.74, 6) is 0. The van der Waals surface area contributed by atoms with Gasteiger partial charge in [0.15, 0.2) is 6.17 Å². The molecule has 1 saturated heterocycles. The lowest BCUT2D eigenvalue weighted by atomic mass is 9.98. The SMILES string of the molecule is CCCCCCNC1CN(C)C[N+]1([O-])c1nnc(C(C)(C)C)s1. The van der Waals surface area contributed by atoms with Gasteiger partial charge in [-0.1, -0.05) is 52.1 Å². The van der Waals surface area contributed by atoms with Crippen molar-refractivity contribution < 1.29 is 0 Å². The summed E-state index contributed by atoms with van der Waals surface area (Å²) < 4.78 is -0.419. The largest absolute Gasteiger partial charge is 0.623 e. The molecule has 0 amide bonds. The van der Waals surface area contributed by atoms with E-state index in [9.17, 15) is 5.21 Å². The van der Waals surface area contributed by atoms with Crippen LogP contribution in [0.4, 0.5) is 5.13 Å². The van der Waals surface area contributed by atoms with Gasteiger partial charge in [0.2, 0.25) is 0 Å². The van der Waals surface area contributed by atoms with Crippen LogP contribution in [0.15, 0.2) is 0 Å². The fourth-order valence-electron chi connectivity index (χ4n) is 2.84. The van der Waals surface area contributed by atoms with Crippen LogP contribution in [-0.4, -0.2) is 48.1 Å². The van der Waals surface area contributed by atoms with Gasteiger partial charge in [-0.2, -0.15) is 0 Å². The minimum Gasteiger partial charge on any atom is -0.623 e. The first-order valence-electron chi connectivity index (χ1n) is 8.62. The zero-order chi connectivity index (χ0) is 17.1. The van der Waals surface area contributed by atoms with Crippen molar-refractivity contribution in [1.82, 2.24) is 25.1 Å². The molecule has 2 heterocycles. The van der Waals surface area contributed by atoms with Crippen LogP contribution in [0.5, 0.6) is 0 Å². The van der Waals surface area contributed by atoms with E-state index in [0.717, 1.165) is 24.5 Å². The van der Waals surface area contributed by atoms with Crippen molar-refractivity contribution in [2.75, 3.05) is 26.8 Å². The summed E-state index contributed by atoms with van der Waals surface area (Å²) in [4.78, 5) is 2.08. The van der Waals surface area contributed by atoms with Gasteiger partial charge >= 0.3 is 5.13 Å². The summed E-state index contributed by atoms with van der Waals surface area (Å²) in [6.07, 6.45) is 4.68. The van der Waals surface area contributed by atoms with Crippen LogP contribution in [0.2, 0.25) is 0 Å². The number of aromatic nitrogens is 2. The third kappa shape index (κ3) is 4.48. The molecule has 0 saturated carbocycles. The molecule has 1 N–H and O–H groups in total. The average molecular weight is 342 g/mol. The minimum absolute atomic E-state index is 0.0657. The summed E-state index contributed by atoms with van der Waals surface area (Å²) >= 11 is 1.46. The summed E-state index contributed by atoms with van der Waals surface area (Å²) in [6.45, 7) is 10.6. The first-order chi connectivity index (χ1) is 10.8. The Balaban J connectivity index is 2.05. The Bertz CT molecular complexity index is 501. The summed E-state index contributed by atoms with van der Waals surface area (Å²) in [7, 11) is 2.00. The van der Waals surface area contributed by atoms with Crippen LogP contribution in [-0.2, 0) is 5.41 Å². The third-order valence-corrected chi connectivity index (χ3v) is 5.69. The van der Waals surface area contributed by atoms with E-state index in [4.69, 9.17) is 0 Å². The van der Waals surface area contributed by atoms with Crippen LogP contribution in [0.1, 0.15) is 58.4 Å². The fourth-order valence-corrected chi connectivity index (χ4v) is 3.82. The second kappa shape index (κ2) is 7.53. The van der Waals surface area contributed by atoms with Gasteiger partial charge < -0.3 is 5.21 Å². The minimum atomic E-state index is -0.419. The molecule has 0 radical (unpaired) electrons. The first-order valence-corrected chi connectivity index (χ1v) is 9.44. The molecule has 1 aromatic heterocycles. The molecule has 2 rings (SSSR count). The zero-order valence-corrected chi connectivity index (χ0v) is 15.9. The molecule has 2 unspecified atom stereocenters. The van der Waals surface area contributed by atoms with Crippen LogP contribution >= 0.6 is 11.3 Å². The standard InChI is InChI=1S/C16H31N5OS/c1-6-7-8-9-10-17-13-11-20(5)12-21(13,22)15-19-18-14(23-15)16(2,3)4/h13,17H,6-12H2,1-5H3. The molecule has 0 spiro atoms. The number of rotatable bonds is 7. The van der Waals surface area contributed by atoms with Crippen LogP contribution in [0.25, 0.3) is 0 Å². The van der Waals surface area contributed by atoms with Crippen molar-refractivity contribution in [1.29, 1.82) is 0 Å². The molecule has 0 aromatic carbocycles. The lowest BCUT2D eigenvalue weighted by Crippen LogP contribution is -2.56. The van der Waals surface area contributed by atoms with Crippen LogP contribution in [0, 0.1) is 5.21 Å². The highest BCUT2D eigenvalue weighted by molar-refractivity contribution is 7.15. The average Bonchev–Trinajstić information content (AvgIpc) is 3.04. The second-order valence-corrected chi connectivity index (χ2v) is 8.60. The second-order valence-electron chi connectivity index (χ2n) is 7.65. The number of nitrogens with zero attached hydrogens (tertiary/aromatic N) is 4. The van der Waals surface area contributed by atoms with Gasteiger partial charge in [-0.25, -0.2) is 0 Å². The van der Waals surface area contributed by atoms with E-state index in [2.05, 4.69) is 48.1 Å². The predicted octanol–water partition coefficient (Wildman–Crippen LogP) is 3.04. The maximum absolute atomic E-state index is 13.4. The first kappa shape index (κ1) is 18.7. The molecule has 2 atom stereocenters. The van der Waals surface area contributed by atoms with Gasteiger partial charge in [-0.05, 0) is 24.8 Å². The summed E-state index contributed by atoms with van der Waals surface area (Å²) in [6, 6.07) is 0. The molecule has 0 aliphatic carbocycles. The number of likely N-dealkylation sites (N-methyl/N-ethyl adjacent to an activating group) is 1. The van der Waals surface area contributed by atoms with Crippen molar-refractivity contribution in [3.05, 3.63) is 10.2 Å². The lowest BCUT2D eigenvalue weighted by Gasteiger charge is -2.39. The lowest BCUT2D eigenvalue weighted by molar-refractivity contribution is 0.286. The third-order valence-electron chi connectivity index (χ3n) is 4.23. The highest BCUT2D eigenvalue weighted by Gasteiger charge is 2.42. The van der Waals surface area contributed by atoms with E-state index in [-0.39, 0.29) is 11.6 Å². The molecular weight excluding hydrogens is 310 g/mol. The van der Waals surface area contributed by atoms with Crippen molar-refractivity contribution >= 4 is 16.5 Å². The molecule has 23 heavy (non-hydrogen) atoms.